The molecule has 7 nitrogen and oxygen atoms in total. The Kier molecular flexibility index (Phi) is 5.53. The van der Waals surface area contributed by atoms with Crippen molar-refractivity contribution in [2.45, 2.75) is 56.6 Å². The van der Waals surface area contributed by atoms with E-state index in [0.29, 0.717) is 30.5 Å². The Morgan fingerprint density at radius 3 is 2.61 bits per heavy atom. The summed E-state index contributed by atoms with van der Waals surface area (Å²) in [6, 6.07) is 7.23. The van der Waals surface area contributed by atoms with Crippen LogP contribution < -0.4 is 0 Å². The minimum atomic E-state index is -3.48. The van der Waals surface area contributed by atoms with Crippen molar-refractivity contribution in [2.75, 3.05) is 19.7 Å². The van der Waals surface area contributed by atoms with Crippen LogP contribution in [-0.4, -0.2) is 47.4 Å². The highest BCUT2D eigenvalue weighted by Crippen LogP contribution is 2.29. The fourth-order valence-electron chi connectivity index (χ4n) is 3.49. The molecule has 2 fully saturated rings. The van der Waals surface area contributed by atoms with Gasteiger partial charge < -0.3 is 4.74 Å². The predicted octanol–water partition coefficient (Wildman–Crippen LogP) is 2.96. The molecule has 2 aliphatic rings. The summed E-state index contributed by atoms with van der Waals surface area (Å²) in [5, 5.41) is 8.37. The van der Waals surface area contributed by atoms with Gasteiger partial charge in [-0.2, -0.15) is 4.31 Å². The number of aromatic nitrogens is 3. The van der Waals surface area contributed by atoms with E-state index in [4.69, 9.17) is 4.74 Å². The van der Waals surface area contributed by atoms with Gasteiger partial charge in [0.2, 0.25) is 10.0 Å². The van der Waals surface area contributed by atoms with E-state index in [2.05, 4.69) is 24.2 Å². The first kappa shape index (κ1) is 19.5. The average molecular weight is 405 g/mol. The molecular formula is C20H28N4O3S. The van der Waals surface area contributed by atoms with Crippen molar-refractivity contribution >= 4 is 10.0 Å². The minimum Gasteiger partial charge on any atom is -0.375 e. The lowest BCUT2D eigenvalue weighted by molar-refractivity contribution is 0.108. The molecule has 1 saturated carbocycles. The number of rotatable bonds is 8. The molecule has 1 saturated heterocycles. The Morgan fingerprint density at radius 1 is 1.18 bits per heavy atom. The van der Waals surface area contributed by atoms with Crippen molar-refractivity contribution < 1.29 is 13.2 Å². The standard InChI is InChI=1S/C20H28N4O3S/c1-15(2)17-5-7-20(8-6-17)28(25,26)23-10-9-19(12-23)24-11-18(21-22-24)14-27-13-16-3-4-16/h5-8,11,15-16,19H,3-4,9-10,12-14H2,1-2H3. The highest BCUT2D eigenvalue weighted by atomic mass is 32.2. The summed E-state index contributed by atoms with van der Waals surface area (Å²) >= 11 is 0. The number of ether oxygens (including phenoxy) is 1. The summed E-state index contributed by atoms with van der Waals surface area (Å²) in [4.78, 5) is 0.352. The second-order valence-corrected chi connectivity index (χ2v) is 10.1. The molecular weight excluding hydrogens is 376 g/mol. The lowest BCUT2D eigenvalue weighted by Gasteiger charge is -2.17. The molecule has 2 aromatic rings. The normalized spacial score (nSPS) is 20.9. The lowest BCUT2D eigenvalue weighted by atomic mass is 10.0. The van der Waals surface area contributed by atoms with Crippen molar-refractivity contribution in [3.05, 3.63) is 41.7 Å². The van der Waals surface area contributed by atoms with Gasteiger partial charge in [0, 0.05) is 19.7 Å². The van der Waals surface area contributed by atoms with E-state index in [1.54, 1.807) is 21.1 Å². The number of sulfonamides is 1. The molecule has 0 amide bonds. The van der Waals surface area contributed by atoms with E-state index in [1.807, 2.05) is 18.3 Å². The third kappa shape index (κ3) is 4.29. The average Bonchev–Trinajstić information content (AvgIpc) is 3.17. The molecule has 1 aromatic heterocycles. The number of hydrogen-bond acceptors (Lipinski definition) is 5. The summed E-state index contributed by atoms with van der Waals surface area (Å²) in [7, 11) is -3.48. The second-order valence-electron chi connectivity index (χ2n) is 8.18. The summed E-state index contributed by atoms with van der Waals surface area (Å²) in [5.41, 5.74) is 1.93. The molecule has 152 valence electrons. The Labute approximate surface area is 166 Å². The van der Waals surface area contributed by atoms with Crippen molar-refractivity contribution in [3.8, 4) is 0 Å². The molecule has 4 rings (SSSR count). The first-order valence-corrected chi connectivity index (χ1v) is 11.5. The van der Waals surface area contributed by atoms with E-state index in [-0.39, 0.29) is 6.04 Å². The van der Waals surface area contributed by atoms with Gasteiger partial charge in [-0.15, -0.1) is 5.10 Å². The van der Waals surface area contributed by atoms with Crippen LogP contribution in [-0.2, 0) is 21.4 Å². The van der Waals surface area contributed by atoms with Crippen LogP contribution >= 0.6 is 0 Å². The van der Waals surface area contributed by atoms with Gasteiger partial charge in [-0.25, -0.2) is 13.1 Å². The third-order valence-electron chi connectivity index (χ3n) is 5.54. The first-order chi connectivity index (χ1) is 13.4. The molecule has 0 N–H and O–H groups in total. The quantitative estimate of drug-likeness (QED) is 0.676. The maximum Gasteiger partial charge on any atom is 0.243 e. The fraction of sp³-hybridized carbons (Fsp3) is 0.600. The van der Waals surface area contributed by atoms with E-state index in [9.17, 15) is 8.42 Å². The van der Waals surface area contributed by atoms with E-state index in [0.717, 1.165) is 30.2 Å². The molecule has 0 spiro atoms. The van der Waals surface area contributed by atoms with Crippen LogP contribution in [0.15, 0.2) is 35.4 Å². The summed E-state index contributed by atoms with van der Waals surface area (Å²) in [6.07, 6.45) is 5.14. The van der Waals surface area contributed by atoms with Crippen LogP contribution in [0.1, 0.15) is 56.3 Å². The van der Waals surface area contributed by atoms with Crippen LogP contribution in [0.5, 0.6) is 0 Å². The van der Waals surface area contributed by atoms with Crippen molar-refractivity contribution in [2.24, 2.45) is 5.92 Å². The van der Waals surface area contributed by atoms with Crippen LogP contribution in [0.3, 0.4) is 0 Å². The zero-order chi connectivity index (χ0) is 19.7. The highest BCUT2D eigenvalue weighted by molar-refractivity contribution is 7.89. The molecule has 1 aliphatic heterocycles. The summed E-state index contributed by atoms with van der Waals surface area (Å²) in [5.74, 6) is 1.10. The Balaban J connectivity index is 1.38. The monoisotopic (exact) mass is 404 g/mol. The van der Waals surface area contributed by atoms with Crippen molar-refractivity contribution in [1.82, 2.24) is 19.3 Å². The largest absolute Gasteiger partial charge is 0.375 e. The molecule has 0 bridgehead atoms. The van der Waals surface area contributed by atoms with E-state index in [1.165, 1.54) is 12.8 Å². The summed E-state index contributed by atoms with van der Waals surface area (Å²) in [6.45, 7) is 6.35. The molecule has 0 radical (unpaired) electrons. The van der Waals surface area contributed by atoms with Gasteiger partial charge >= 0.3 is 0 Å². The van der Waals surface area contributed by atoms with Gasteiger partial charge in [0.05, 0.1) is 23.7 Å². The molecule has 28 heavy (non-hydrogen) atoms. The highest BCUT2D eigenvalue weighted by Gasteiger charge is 2.34. The van der Waals surface area contributed by atoms with Crippen molar-refractivity contribution in [1.29, 1.82) is 0 Å². The molecule has 1 aliphatic carbocycles. The van der Waals surface area contributed by atoms with Gasteiger partial charge in [-0.3, -0.25) is 0 Å². The number of hydrogen-bond donors (Lipinski definition) is 0. The number of benzene rings is 1. The smallest absolute Gasteiger partial charge is 0.243 e. The van der Waals surface area contributed by atoms with Crippen LogP contribution in [0, 0.1) is 5.92 Å². The van der Waals surface area contributed by atoms with Gasteiger partial charge in [0.25, 0.3) is 0 Å². The number of nitrogens with zero attached hydrogens (tertiary/aromatic N) is 4. The maximum absolute atomic E-state index is 13.0. The third-order valence-corrected chi connectivity index (χ3v) is 7.42. The van der Waals surface area contributed by atoms with E-state index < -0.39 is 10.0 Å². The first-order valence-electron chi connectivity index (χ1n) is 10.0. The van der Waals surface area contributed by atoms with Crippen molar-refractivity contribution in [3.63, 3.8) is 0 Å². The van der Waals surface area contributed by atoms with Crippen LogP contribution in [0.25, 0.3) is 0 Å². The van der Waals surface area contributed by atoms with Gasteiger partial charge in [-0.1, -0.05) is 31.2 Å². The van der Waals surface area contributed by atoms with Crippen LogP contribution in [0.4, 0.5) is 0 Å². The predicted molar refractivity (Wildman–Crippen MR) is 105 cm³/mol. The molecule has 2 heterocycles. The molecule has 1 unspecified atom stereocenters. The summed E-state index contributed by atoms with van der Waals surface area (Å²) < 4.78 is 34.9. The fourth-order valence-corrected chi connectivity index (χ4v) is 4.98. The Bertz CT molecular complexity index is 904. The molecule has 8 heteroatoms. The molecule has 1 atom stereocenters. The van der Waals surface area contributed by atoms with Gasteiger partial charge in [0.1, 0.15) is 5.69 Å². The maximum atomic E-state index is 13.0. The molecule has 1 aromatic carbocycles. The van der Waals surface area contributed by atoms with Gasteiger partial charge in [-0.05, 0) is 48.8 Å². The van der Waals surface area contributed by atoms with Gasteiger partial charge in [0.15, 0.2) is 0 Å². The Hall–Kier alpha value is -1.77. The second kappa shape index (κ2) is 7.93. The zero-order valence-corrected chi connectivity index (χ0v) is 17.3. The lowest BCUT2D eigenvalue weighted by Crippen LogP contribution is -2.29. The van der Waals surface area contributed by atoms with Crippen LogP contribution in [0.2, 0.25) is 0 Å². The zero-order valence-electron chi connectivity index (χ0n) is 16.5. The van der Waals surface area contributed by atoms with E-state index >= 15 is 0 Å². The minimum absolute atomic E-state index is 0.00870. The SMILES string of the molecule is CC(C)c1ccc(S(=O)(=O)N2CCC(n3cc(COCC4CC4)nn3)C2)cc1. The Morgan fingerprint density at radius 2 is 1.93 bits per heavy atom. The topological polar surface area (TPSA) is 77.3 Å².